The molecule has 0 atom stereocenters. The number of hydrogen-bond donors (Lipinski definition) is 1. The maximum Gasteiger partial charge on any atom is 0.122 e. The van der Waals surface area contributed by atoms with Crippen LogP contribution in [0.1, 0.15) is 30.5 Å². The number of aryl methyl sites for hydroxylation is 2. The molecule has 76 valence electrons. The van der Waals surface area contributed by atoms with Crippen LogP contribution in [0, 0.1) is 6.92 Å². The van der Waals surface area contributed by atoms with E-state index < -0.39 is 0 Å². The Hall–Kier alpha value is -1.24. The molecule has 0 aliphatic heterocycles. The number of benzene rings is 1. The average Bonchev–Trinajstić information content (AvgIpc) is 2.09. The summed E-state index contributed by atoms with van der Waals surface area (Å²) in [5.41, 5.74) is 4.31. The Labute approximate surface area is 86.1 Å². The number of rotatable bonds is 3. The third-order valence-corrected chi connectivity index (χ3v) is 2.29. The van der Waals surface area contributed by atoms with Crippen molar-refractivity contribution in [1.29, 1.82) is 0 Å². The zero-order chi connectivity index (χ0) is 10.7. The molecule has 1 aromatic rings. The molecule has 0 aromatic heterocycles. The molecule has 0 amide bonds. The molecule has 0 bridgehead atoms. The molecular weight excluding hydrogens is 172 g/mol. The molecule has 0 unspecified atom stereocenters. The molecule has 0 heterocycles. The number of allylic oxidation sites excluding steroid dienone is 1. The highest BCUT2D eigenvalue weighted by Gasteiger charge is 2.07. The van der Waals surface area contributed by atoms with Crippen LogP contribution in [0.4, 0.5) is 0 Å². The Morgan fingerprint density at radius 3 is 2.43 bits per heavy atom. The smallest absolute Gasteiger partial charge is 0.122 e. The fourth-order valence-electron chi connectivity index (χ4n) is 1.66. The highest BCUT2D eigenvalue weighted by Crippen LogP contribution is 2.26. The van der Waals surface area contributed by atoms with E-state index in [0.29, 0.717) is 5.75 Å². The van der Waals surface area contributed by atoms with Gasteiger partial charge >= 0.3 is 0 Å². The average molecular weight is 190 g/mol. The van der Waals surface area contributed by atoms with Crippen LogP contribution in [0.15, 0.2) is 24.3 Å². The van der Waals surface area contributed by atoms with Crippen molar-refractivity contribution in [2.24, 2.45) is 0 Å². The van der Waals surface area contributed by atoms with Gasteiger partial charge in [-0.25, -0.2) is 0 Å². The Morgan fingerprint density at radius 2 is 1.93 bits per heavy atom. The van der Waals surface area contributed by atoms with Crippen molar-refractivity contribution in [2.75, 3.05) is 0 Å². The van der Waals surface area contributed by atoms with Crippen LogP contribution >= 0.6 is 0 Å². The van der Waals surface area contributed by atoms with Gasteiger partial charge in [0.05, 0.1) is 0 Å². The standard InChI is InChI=1S/C13H18O/c1-5-11-7-10(4)8-12(13(11)14)6-9(2)3/h7-8,14H,2,5-6H2,1,3-4H3. The predicted octanol–water partition coefficient (Wildman–Crippen LogP) is 3.38. The van der Waals surface area contributed by atoms with Gasteiger partial charge in [0.2, 0.25) is 0 Å². The lowest BCUT2D eigenvalue weighted by atomic mass is 9.99. The summed E-state index contributed by atoms with van der Waals surface area (Å²) >= 11 is 0. The molecule has 0 fully saturated rings. The van der Waals surface area contributed by atoms with Crippen molar-refractivity contribution >= 4 is 0 Å². The first-order valence-corrected chi connectivity index (χ1v) is 5.00. The SMILES string of the molecule is C=C(C)Cc1cc(C)cc(CC)c1O. The summed E-state index contributed by atoms with van der Waals surface area (Å²) in [6, 6.07) is 4.07. The lowest BCUT2D eigenvalue weighted by Gasteiger charge is -2.10. The van der Waals surface area contributed by atoms with Crippen molar-refractivity contribution < 1.29 is 5.11 Å². The van der Waals surface area contributed by atoms with Crippen LogP contribution < -0.4 is 0 Å². The first kappa shape index (κ1) is 10.8. The van der Waals surface area contributed by atoms with Gasteiger partial charge in [0.15, 0.2) is 0 Å². The quantitative estimate of drug-likeness (QED) is 0.724. The van der Waals surface area contributed by atoms with Crippen LogP contribution in [0.2, 0.25) is 0 Å². The summed E-state index contributed by atoms with van der Waals surface area (Å²) in [6.45, 7) is 9.96. The first-order valence-electron chi connectivity index (χ1n) is 5.00. The summed E-state index contributed by atoms with van der Waals surface area (Å²) in [6.07, 6.45) is 1.64. The maximum absolute atomic E-state index is 9.92. The minimum atomic E-state index is 0.445. The highest BCUT2D eigenvalue weighted by molar-refractivity contribution is 5.44. The molecule has 1 N–H and O–H groups in total. The van der Waals surface area contributed by atoms with E-state index in [1.165, 1.54) is 5.56 Å². The topological polar surface area (TPSA) is 20.2 Å². The highest BCUT2D eigenvalue weighted by atomic mass is 16.3. The lowest BCUT2D eigenvalue weighted by Crippen LogP contribution is -1.93. The zero-order valence-electron chi connectivity index (χ0n) is 9.22. The van der Waals surface area contributed by atoms with Gasteiger partial charge in [0.25, 0.3) is 0 Å². The Morgan fingerprint density at radius 1 is 1.36 bits per heavy atom. The second-order valence-corrected chi connectivity index (χ2v) is 3.92. The summed E-state index contributed by atoms with van der Waals surface area (Å²) in [5.74, 6) is 0.445. The van der Waals surface area contributed by atoms with Gasteiger partial charge in [-0.1, -0.05) is 36.8 Å². The van der Waals surface area contributed by atoms with Crippen molar-refractivity contribution in [3.63, 3.8) is 0 Å². The molecule has 0 spiro atoms. The van der Waals surface area contributed by atoms with Crippen molar-refractivity contribution in [2.45, 2.75) is 33.6 Å². The number of phenols is 1. The molecule has 0 radical (unpaired) electrons. The Kier molecular flexibility index (Phi) is 3.34. The molecule has 0 aliphatic rings. The van der Waals surface area contributed by atoms with Crippen LogP contribution in [0.3, 0.4) is 0 Å². The van der Waals surface area contributed by atoms with Gasteiger partial charge in [-0.3, -0.25) is 0 Å². The third kappa shape index (κ3) is 2.38. The first-order chi connectivity index (χ1) is 6.54. The second-order valence-electron chi connectivity index (χ2n) is 3.92. The zero-order valence-corrected chi connectivity index (χ0v) is 9.22. The van der Waals surface area contributed by atoms with E-state index in [-0.39, 0.29) is 0 Å². The Bertz CT molecular complexity index is 350. The predicted molar refractivity (Wildman–Crippen MR) is 60.7 cm³/mol. The fraction of sp³-hybridized carbons (Fsp3) is 0.385. The Balaban J connectivity index is 3.15. The molecule has 1 nitrogen and oxygen atoms in total. The van der Waals surface area contributed by atoms with Gasteiger partial charge < -0.3 is 5.11 Å². The number of aromatic hydroxyl groups is 1. The molecular formula is C13H18O. The summed E-state index contributed by atoms with van der Waals surface area (Å²) < 4.78 is 0. The molecule has 1 heteroatoms. The van der Waals surface area contributed by atoms with Crippen molar-refractivity contribution in [1.82, 2.24) is 0 Å². The fourth-order valence-corrected chi connectivity index (χ4v) is 1.66. The number of hydrogen-bond acceptors (Lipinski definition) is 1. The second kappa shape index (κ2) is 4.32. The van der Waals surface area contributed by atoms with E-state index in [0.717, 1.165) is 29.5 Å². The molecule has 0 saturated heterocycles. The van der Waals surface area contributed by atoms with E-state index in [1.54, 1.807) is 0 Å². The minimum Gasteiger partial charge on any atom is -0.507 e. The van der Waals surface area contributed by atoms with E-state index in [2.05, 4.69) is 20.4 Å². The monoisotopic (exact) mass is 190 g/mol. The van der Waals surface area contributed by atoms with Gasteiger partial charge in [0.1, 0.15) is 5.75 Å². The summed E-state index contributed by atoms with van der Waals surface area (Å²) in [7, 11) is 0. The van der Waals surface area contributed by atoms with Crippen molar-refractivity contribution in [3.05, 3.63) is 41.0 Å². The van der Waals surface area contributed by atoms with Crippen molar-refractivity contribution in [3.8, 4) is 5.75 Å². The molecule has 0 aliphatic carbocycles. The van der Waals surface area contributed by atoms with Crippen LogP contribution in [-0.2, 0) is 12.8 Å². The van der Waals surface area contributed by atoms with E-state index in [1.807, 2.05) is 19.1 Å². The maximum atomic E-state index is 9.92. The van der Waals surface area contributed by atoms with Gasteiger partial charge in [-0.15, -0.1) is 0 Å². The van der Waals surface area contributed by atoms with Crippen LogP contribution in [-0.4, -0.2) is 5.11 Å². The summed E-state index contributed by atoms with van der Waals surface area (Å²) in [5, 5.41) is 9.92. The molecule has 1 rings (SSSR count). The van der Waals surface area contributed by atoms with E-state index >= 15 is 0 Å². The van der Waals surface area contributed by atoms with Gasteiger partial charge in [-0.05, 0) is 37.8 Å². The normalized spacial score (nSPS) is 10.2. The van der Waals surface area contributed by atoms with Gasteiger partial charge in [-0.2, -0.15) is 0 Å². The largest absolute Gasteiger partial charge is 0.507 e. The molecule has 1 aromatic carbocycles. The number of phenolic OH excluding ortho intramolecular Hbond substituents is 1. The minimum absolute atomic E-state index is 0.445. The van der Waals surface area contributed by atoms with Gasteiger partial charge in [0, 0.05) is 0 Å². The van der Waals surface area contributed by atoms with Crippen LogP contribution in [0.25, 0.3) is 0 Å². The third-order valence-electron chi connectivity index (χ3n) is 2.29. The molecule has 0 saturated carbocycles. The lowest BCUT2D eigenvalue weighted by molar-refractivity contribution is 0.462. The van der Waals surface area contributed by atoms with E-state index in [4.69, 9.17) is 0 Å². The van der Waals surface area contributed by atoms with Crippen LogP contribution in [0.5, 0.6) is 5.75 Å². The summed E-state index contributed by atoms with van der Waals surface area (Å²) in [4.78, 5) is 0. The molecule has 14 heavy (non-hydrogen) atoms. The van der Waals surface area contributed by atoms with E-state index in [9.17, 15) is 5.11 Å².